The summed E-state index contributed by atoms with van der Waals surface area (Å²) < 4.78 is 6.27. The van der Waals surface area contributed by atoms with E-state index in [1.165, 1.54) is 0 Å². The average Bonchev–Trinajstić information content (AvgIpc) is 2.30. The van der Waals surface area contributed by atoms with Gasteiger partial charge in [0.25, 0.3) is 0 Å². The van der Waals surface area contributed by atoms with Gasteiger partial charge in [-0.25, -0.2) is 0 Å². The number of halogens is 1. The largest absolute Gasteiger partial charge is 0.496 e. The van der Waals surface area contributed by atoms with Crippen molar-refractivity contribution in [2.45, 2.75) is 0 Å². The molecule has 0 bridgehead atoms. The van der Waals surface area contributed by atoms with Crippen LogP contribution in [0.2, 0.25) is 0 Å². The molecule has 0 heterocycles. The Bertz CT molecular complexity index is 557. The van der Waals surface area contributed by atoms with Crippen molar-refractivity contribution in [2.75, 3.05) is 12.8 Å². The lowest BCUT2D eigenvalue weighted by atomic mass is 9.92. The molecule has 0 saturated heterocycles. The Balaban J connectivity index is 2.60. The van der Waals surface area contributed by atoms with Gasteiger partial charge in [0.15, 0.2) is 0 Å². The molecule has 0 unspecified atom stereocenters. The maximum atomic E-state index is 6.00. The lowest BCUT2D eigenvalue weighted by Crippen LogP contribution is -2.03. The summed E-state index contributed by atoms with van der Waals surface area (Å²) in [6, 6.07) is 11.3. The molecule has 0 aliphatic carbocycles. The van der Waals surface area contributed by atoms with Crippen LogP contribution < -0.4 is 15.9 Å². The summed E-state index contributed by atoms with van der Waals surface area (Å²) in [6.07, 6.45) is 0. The van der Waals surface area contributed by atoms with Crippen LogP contribution in [0.15, 0.2) is 40.9 Å². The number of rotatable bonds is 2. The van der Waals surface area contributed by atoms with Crippen molar-refractivity contribution in [3.63, 3.8) is 0 Å². The lowest BCUT2D eigenvalue weighted by Gasteiger charge is -2.12. The Kier molecular flexibility index (Phi) is 3.43. The highest BCUT2D eigenvalue weighted by Gasteiger charge is 2.09. The number of anilines is 1. The molecule has 2 nitrogen and oxygen atoms in total. The third kappa shape index (κ3) is 2.47. The number of ether oxygens (including phenoxy) is 1. The van der Waals surface area contributed by atoms with Crippen molar-refractivity contribution in [1.82, 2.24) is 0 Å². The fraction of sp³-hybridized carbons (Fsp3) is 0.0769. The summed E-state index contributed by atoms with van der Waals surface area (Å²) in [5.41, 5.74) is 9.23. The topological polar surface area (TPSA) is 35.2 Å². The zero-order valence-corrected chi connectivity index (χ0v) is 11.0. The van der Waals surface area contributed by atoms with E-state index in [4.69, 9.17) is 18.3 Å². The van der Waals surface area contributed by atoms with Crippen LogP contribution in [0.5, 0.6) is 5.75 Å². The van der Waals surface area contributed by atoms with E-state index < -0.39 is 0 Å². The van der Waals surface area contributed by atoms with Gasteiger partial charge in [0, 0.05) is 21.3 Å². The molecule has 2 rings (SSSR count). The number of hydrogen-bond acceptors (Lipinski definition) is 2. The van der Waals surface area contributed by atoms with Gasteiger partial charge < -0.3 is 10.5 Å². The summed E-state index contributed by atoms with van der Waals surface area (Å²) in [6.45, 7) is 0. The van der Waals surface area contributed by atoms with Crippen molar-refractivity contribution in [3.05, 3.63) is 40.9 Å². The molecule has 0 aliphatic heterocycles. The van der Waals surface area contributed by atoms with E-state index in [1.54, 1.807) is 13.2 Å². The van der Waals surface area contributed by atoms with E-state index in [0.29, 0.717) is 11.2 Å². The Morgan fingerprint density at radius 1 is 1.12 bits per heavy atom. The van der Waals surface area contributed by atoms with E-state index in [9.17, 15) is 0 Å². The third-order valence-corrected chi connectivity index (χ3v) is 3.02. The highest BCUT2D eigenvalue weighted by molar-refractivity contribution is 9.10. The summed E-state index contributed by atoms with van der Waals surface area (Å²) in [5.74, 6) is 0.721. The molecular weight excluding hydrogens is 277 g/mol. The van der Waals surface area contributed by atoms with E-state index in [0.717, 1.165) is 21.3 Å². The number of nitrogen functional groups attached to an aromatic ring is 1. The van der Waals surface area contributed by atoms with Crippen LogP contribution in [0.3, 0.4) is 0 Å². The second-order valence-corrected chi connectivity index (χ2v) is 4.61. The second kappa shape index (κ2) is 4.84. The van der Waals surface area contributed by atoms with Crippen LogP contribution >= 0.6 is 15.9 Å². The predicted octanol–water partition coefficient (Wildman–Crippen LogP) is 2.50. The molecule has 0 atom stereocenters. The molecule has 2 aromatic carbocycles. The van der Waals surface area contributed by atoms with E-state index >= 15 is 0 Å². The number of nitrogens with two attached hydrogens (primary N) is 1. The first kappa shape index (κ1) is 12.1. The summed E-state index contributed by atoms with van der Waals surface area (Å²) >= 11 is 3.38. The molecule has 0 aliphatic rings. The third-order valence-electron chi connectivity index (χ3n) is 2.53. The van der Waals surface area contributed by atoms with Gasteiger partial charge in [0.05, 0.1) is 7.11 Å². The first-order valence-electron chi connectivity index (χ1n) is 5.10. The average molecular weight is 288 g/mol. The fourth-order valence-corrected chi connectivity index (χ4v) is 2.09. The summed E-state index contributed by atoms with van der Waals surface area (Å²) in [4.78, 5) is 0. The van der Waals surface area contributed by atoms with Crippen molar-refractivity contribution in [3.8, 4) is 16.9 Å². The Morgan fingerprint density at radius 3 is 2.47 bits per heavy atom. The predicted molar refractivity (Wildman–Crippen MR) is 75.9 cm³/mol. The molecule has 0 spiro atoms. The molecule has 4 heteroatoms. The number of benzene rings is 2. The van der Waals surface area contributed by atoms with Crippen LogP contribution in [0.4, 0.5) is 5.69 Å². The van der Waals surface area contributed by atoms with Crippen LogP contribution in [0, 0.1) is 0 Å². The fourth-order valence-electron chi connectivity index (χ4n) is 1.71. The first-order valence-corrected chi connectivity index (χ1v) is 5.90. The molecule has 0 amide bonds. The van der Waals surface area contributed by atoms with Gasteiger partial charge >= 0.3 is 0 Å². The SMILES string of the molecule is [B]c1ccc(-c2ccc(Br)cc2N)c(OC)c1. The molecule has 0 saturated carbocycles. The maximum Gasteiger partial charge on any atom is 0.126 e. The smallest absolute Gasteiger partial charge is 0.126 e. The van der Waals surface area contributed by atoms with Gasteiger partial charge in [-0.1, -0.05) is 39.6 Å². The molecule has 2 radical (unpaired) electrons. The van der Waals surface area contributed by atoms with Crippen LogP contribution in [-0.4, -0.2) is 15.0 Å². The van der Waals surface area contributed by atoms with Crippen LogP contribution in [0.25, 0.3) is 11.1 Å². The van der Waals surface area contributed by atoms with Gasteiger partial charge in [-0.2, -0.15) is 0 Å². The normalized spacial score (nSPS) is 10.2. The van der Waals surface area contributed by atoms with Gasteiger partial charge in [-0.3, -0.25) is 0 Å². The minimum Gasteiger partial charge on any atom is -0.496 e. The zero-order chi connectivity index (χ0) is 12.4. The van der Waals surface area contributed by atoms with Gasteiger partial charge in [-0.15, -0.1) is 0 Å². The van der Waals surface area contributed by atoms with Crippen molar-refractivity contribution in [2.24, 2.45) is 0 Å². The lowest BCUT2D eigenvalue weighted by molar-refractivity contribution is 0.417. The van der Waals surface area contributed by atoms with Crippen LogP contribution in [0.1, 0.15) is 0 Å². The number of hydrogen-bond donors (Lipinski definition) is 1. The Labute approximate surface area is 110 Å². The zero-order valence-electron chi connectivity index (χ0n) is 9.41. The second-order valence-electron chi connectivity index (χ2n) is 3.69. The molecule has 17 heavy (non-hydrogen) atoms. The quantitative estimate of drug-likeness (QED) is 0.680. The van der Waals surface area contributed by atoms with Gasteiger partial charge in [0.1, 0.15) is 13.6 Å². The summed E-state index contributed by atoms with van der Waals surface area (Å²) in [7, 11) is 7.34. The molecule has 84 valence electrons. The van der Waals surface area contributed by atoms with Gasteiger partial charge in [0.2, 0.25) is 0 Å². The Hall–Kier alpha value is -1.42. The van der Waals surface area contributed by atoms with E-state index in [1.807, 2.05) is 30.3 Å². The van der Waals surface area contributed by atoms with Crippen molar-refractivity contribution >= 4 is 34.9 Å². The van der Waals surface area contributed by atoms with Crippen molar-refractivity contribution in [1.29, 1.82) is 0 Å². The molecule has 0 fully saturated rings. The van der Waals surface area contributed by atoms with E-state index in [2.05, 4.69) is 15.9 Å². The Morgan fingerprint density at radius 2 is 1.82 bits per heavy atom. The highest BCUT2D eigenvalue weighted by Crippen LogP contribution is 2.34. The van der Waals surface area contributed by atoms with Crippen LogP contribution in [-0.2, 0) is 0 Å². The summed E-state index contributed by atoms with van der Waals surface area (Å²) in [5, 5.41) is 0. The highest BCUT2D eigenvalue weighted by atomic mass is 79.9. The van der Waals surface area contributed by atoms with E-state index in [-0.39, 0.29) is 0 Å². The maximum absolute atomic E-state index is 6.00. The molecular formula is C13H11BBrNO. The molecule has 0 aromatic heterocycles. The van der Waals surface area contributed by atoms with Gasteiger partial charge in [-0.05, 0) is 18.2 Å². The minimum absolute atomic E-state index is 0.668. The first-order chi connectivity index (χ1) is 8.11. The minimum atomic E-state index is 0.668. The monoisotopic (exact) mass is 287 g/mol. The molecule has 2 aromatic rings. The number of methoxy groups -OCH3 is 1. The van der Waals surface area contributed by atoms with Crippen molar-refractivity contribution < 1.29 is 4.74 Å². The molecule has 2 N–H and O–H groups in total. The standard InChI is InChI=1S/C13H11BBrNO/c1-17-13-6-8(14)2-4-11(13)10-5-3-9(15)7-12(10)16/h2-7H,16H2,1H3.